The maximum absolute atomic E-state index is 11.8. The van der Waals surface area contributed by atoms with Gasteiger partial charge < -0.3 is 25.1 Å². The molecule has 8 heteroatoms. The molecule has 2 aliphatic rings. The number of aromatic amines is 1. The van der Waals surface area contributed by atoms with Crippen LogP contribution < -0.4 is 21.1 Å². The van der Waals surface area contributed by atoms with E-state index in [9.17, 15) is 9.59 Å². The van der Waals surface area contributed by atoms with Crippen LogP contribution in [0.4, 0.5) is 5.82 Å². The Labute approximate surface area is 243 Å². The summed E-state index contributed by atoms with van der Waals surface area (Å²) in [6.07, 6.45) is 6.28. The Hall–Kier alpha value is -3.75. The fourth-order valence-electron chi connectivity index (χ4n) is 5.81. The van der Waals surface area contributed by atoms with Gasteiger partial charge in [0.1, 0.15) is 5.82 Å². The molecule has 0 aliphatic carbocycles. The number of aldehydes is 1. The number of nitrogens with one attached hydrogen (secondary N) is 3. The van der Waals surface area contributed by atoms with Gasteiger partial charge in [0.15, 0.2) is 6.29 Å². The molecule has 0 saturated carbocycles. The zero-order valence-electron chi connectivity index (χ0n) is 25.4. The van der Waals surface area contributed by atoms with Crippen LogP contribution in [-0.2, 0) is 6.54 Å². The summed E-state index contributed by atoms with van der Waals surface area (Å²) in [6, 6.07) is 13.7. The SMILES string of the molecule is CC.CNCc1ccc(C)[nH]c1=O.Cc1cn(C(C)C)c2cc(-c3ccc(N4CC5CC4CN5)nc3)cc(C=O)c12. The Morgan fingerprint density at radius 3 is 2.46 bits per heavy atom. The predicted molar refractivity (Wildman–Crippen MR) is 169 cm³/mol. The second-order valence-electron chi connectivity index (χ2n) is 11.0. The molecular weight excluding hydrogens is 512 g/mol. The van der Waals surface area contributed by atoms with Crippen molar-refractivity contribution in [2.45, 2.75) is 72.6 Å². The molecule has 2 bridgehead atoms. The van der Waals surface area contributed by atoms with Crippen molar-refractivity contribution in [1.29, 1.82) is 0 Å². The number of aryl methyl sites for hydroxylation is 2. The van der Waals surface area contributed by atoms with Crippen LogP contribution >= 0.6 is 0 Å². The molecule has 1 aromatic carbocycles. The van der Waals surface area contributed by atoms with Gasteiger partial charge in [-0.1, -0.05) is 19.9 Å². The lowest BCUT2D eigenvalue weighted by Gasteiger charge is -2.28. The highest BCUT2D eigenvalue weighted by Gasteiger charge is 2.38. The van der Waals surface area contributed by atoms with Crippen molar-refractivity contribution in [3.8, 4) is 11.1 Å². The Kier molecular flexibility index (Phi) is 9.78. The molecule has 0 amide bonds. The molecule has 4 aromatic rings. The summed E-state index contributed by atoms with van der Waals surface area (Å²) in [5.41, 5.74) is 6.76. The molecular formula is C33H44N6O2. The molecule has 2 unspecified atom stereocenters. The molecule has 0 spiro atoms. The highest BCUT2D eigenvalue weighted by Crippen LogP contribution is 2.33. The van der Waals surface area contributed by atoms with E-state index in [0.29, 0.717) is 24.7 Å². The van der Waals surface area contributed by atoms with Crippen LogP contribution in [0.3, 0.4) is 0 Å². The van der Waals surface area contributed by atoms with E-state index >= 15 is 0 Å². The third-order valence-electron chi connectivity index (χ3n) is 7.77. The van der Waals surface area contributed by atoms with Crippen LogP contribution in [0.15, 0.2) is 53.6 Å². The molecule has 8 nitrogen and oxygen atoms in total. The van der Waals surface area contributed by atoms with Gasteiger partial charge in [-0.2, -0.15) is 0 Å². The molecule has 218 valence electrons. The summed E-state index contributed by atoms with van der Waals surface area (Å²) in [5, 5.41) is 7.51. The number of rotatable bonds is 6. The molecule has 2 fully saturated rings. The third kappa shape index (κ3) is 6.44. The average molecular weight is 557 g/mol. The number of carbonyl (C=O) groups is 1. The van der Waals surface area contributed by atoms with Crippen LogP contribution in [0, 0.1) is 13.8 Å². The van der Waals surface area contributed by atoms with Crippen molar-refractivity contribution >= 4 is 23.0 Å². The summed E-state index contributed by atoms with van der Waals surface area (Å²) < 4.78 is 2.25. The van der Waals surface area contributed by atoms with Crippen molar-refractivity contribution in [3.63, 3.8) is 0 Å². The number of nitrogens with zero attached hydrogens (tertiary/aromatic N) is 3. The first-order valence-electron chi connectivity index (χ1n) is 14.7. The van der Waals surface area contributed by atoms with E-state index in [1.54, 1.807) is 0 Å². The largest absolute Gasteiger partial charge is 0.351 e. The van der Waals surface area contributed by atoms with Crippen molar-refractivity contribution in [2.24, 2.45) is 0 Å². The third-order valence-corrected chi connectivity index (χ3v) is 7.77. The number of hydrogen-bond donors (Lipinski definition) is 3. The van der Waals surface area contributed by atoms with Gasteiger partial charge >= 0.3 is 0 Å². The number of aromatic nitrogens is 3. The van der Waals surface area contributed by atoms with E-state index in [-0.39, 0.29) is 5.56 Å². The van der Waals surface area contributed by atoms with Crippen molar-refractivity contribution in [3.05, 3.63) is 81.5 Å². The molecule has 2 atom stereocenters. The average Bonchev–Trinajstić information content (AvgIpc) is 3.71. The first-order valence-corrected chi connectivity index (χ1v) is 14.7. The Bertz CT molecular complexity index is 1540. The maximum Gasteiger partial charge on any atom is 0.252 e. The van der Waals surface area contributed by atoms with Crippen LogP contribution in [0.25, 0.3) is 22.0 Å². The number of piperazine rings is 1. The normalized spacial score (nSPS) is 17.3. The summed E-state index contributed by atoms with van der Waals surface area (Å²) in [4.78, 5) is 32.8. The minimum absolute atomic E-state index is 0.000602. The lowest BCUT2D eigenvalue weighted by Crippen LogP contribution is -2.43. The quantitative estimate of drug-likeness (QED) is 0.276. The number of anilines is 1. The van der Waals surface area contributed by atoms with Crippen molar-refractivity contribution in [1.82, 2.24) is 25.2 Å². The number of H-pyrrole nitrogens is 1. The van der Waals surface area contributed by atoms with Crippen LogP contribution in [-0.4, -0.2) is 53.0 Å². The smallest absolute Gasteiger partial charge is 0.252 e. The zero-order valence-corrected chi connectivity index (χ0v) is 25.4. The molecule has 2 aliphatic heterocycles. The first kappa shape index (κ1) is 30.2. The van der Waals surface area contributed by atoms with Gasteiger partial charge in [-0.3, -0.25) is 9.59 Å². The predicted octanol–water partition coefficient (Wildman–Crippen LogP) is 5.38. The molecule has 41 heavy (non-hydrogen) atoms. The van der Waals surface area contributed by atoms with E-state index in [1.165, 1.54) is 6.42 Å². The fourth-order valence-corrected chi connectivity index (χ4v) is 5.81. The van der Waals surface area contributed by atoms with Gasteiger partial charge in [0.2, 0.25) is 0 Å². The number of pyridine rings is 2. The molecule has 5 heterocycles. The van der Waals surface area contributed by atoms with Gasteiger partial charge in [-0.25, -0.2) is 4.98 Å². The molecule has 3 aromatic heterocycles. The van der Waals surface area contributed by atoms with E-state index in [2.05, 4.69) is 70.3 Å². The Morgan fingerprint density at radius 1 is 1.12 bits per heavy atom. The Morgan fingerprint density at radius 2 is 1.90 bits per heavy atom. The standard InChI is InChI=1S/C23H26N4O.C8H12N2O.C2H6/c1-14(2)26-11-15(3)23-18(13-28)6-17(7-21(23)26)16-4-5-22(25-9-16)27-12-19-8-20(27)10-24-19;1-6-3-4-7(5-9-2)8(11)10-6;1-2/h4-7,9,11,13-14,19-20,24H,8,10,12H2,1-3H3;3-4,9H,5H2,1-2H3,(H,10,11);1-2H3. The minimum atomic E-state index is -0.000602. The monoisotopic (exact) mass is 556 g/mol. The molecule has 0 radical (unpaired) electrons. The number of benzene rings is 1. The summed E-state index contributed by atoms with van der Waals surface area (Å²) in [5.74, 6) is 1.05. The second kappa shape index (κ2) is 13.3. The highest BCUT2D eigenvalue weighted by atomic mass is 16.1. The number of carbonyl (C=O) groups excluding carboxylic acids is 1. The van der Waals surface area contributed by atoms with Crippen molar-refractivity contribution in [2.75, 3.05) is 25.0 Å². The van der Waals surface area contributed by atoms with Gasteiger partial charge in [0.05, 0.1) is 0 Å². The first-order chi connectivity index (χ1) is 19.8. The second-order valence-corrected chi connectivity index (χ2v) is 11.0. The zero-order chi connectivity index (χ0) is 29.7. The molecule has 3 N–H and O–H groups in total. The van der Waals surface area contributed by atoms with Crippen LogP contribution in [0.1, 0.15) is 67.3 Å². The molecule has 2 saturated heterocycles. The summed E-state index contributed by atoms with van der Waals surface area (Å²) in [7, 11) is 1.82. The number of fused-ring (bicyclic) bond motifs is 3. The van der Waals surface area contributed by atoms with Crippen LogP contribution in [0.5, 0.6) is 0 Å². The van der Waals surface area contributed by atoms with E-state index in [0.717, 1.165) is 69.6 Å². The Balaban J connectivity index is 0.000000251. The van der Waals surface area contributed by atoms with Gasteiger partial charge in [0, 0.05) is 83.4 Å². The summed E-state index contributed by atoms with van der Waals surface area (Å²) in [6.45, 7) is 15.0. The number of hydrogen-bond acceptors (Lipinski definition) is 6. The lowest BCUT2D eigenvalue weighted by molar-refractivity contribution is 0.112. The van der Waals surface area contributed by atoms with Gasteiger partial charge in [-0.15, -0.1) is 0 Å². The van der Waals surface area contributed by atoms with Gasteiger partial charge in [0.25, 0.3) is 5.56 Å². The highest BCUT2D eigenvalue weighted by molar-refractivity contribution is 6.02. The topological polar surface area (TPSA) is 95.1 Å². The summed E-state index contributed by atoms with van der Waals surface area (Å²) >= 11 is 0. The maximum atomic E-state index is 11.8. The molecule has 6 rings (SSSR count). The lowest BCUT2D eigenvalue weighted by atomic mass is 10.00. The van der Waals surface area contributed by atoms with E-state index < -0.39 is 0 Å². The van der Waals surface area contributed by atoms with Crippen LogP contribution in [0.2, 0.25) is 0 Å². The fraction of sp³-hybridized carbons (Fsp3) is 0.424. The van der Waals surface area contributed by atoms with E-state index in [4.69, 9.17) is 4.98 Å². The van der Waals surface area contributed by atoms with E-state index in [1.807, 2.05) is 52.2 Å². The van der Waals surface area contributed by atoms with Crippen molar-refractivity contribution < 1.29 is 4.79 Å². The van der Waals surface area contributed by atoms with Gasteiger partial charge in [-0.05, 0) is 82.6 Å². The minimum Gasteiger partial charge on any atom is -0.351 e.